The Bertz CT molecular complexity index is 398. The zero-order valence-electron chi connectivity index (χ0n) is 10.9. The molecule has 0 heterocycles. The first-order valence-corrected chi connectivity index (χ1v) is 5.86. The van der Waals surface area contributed by atoms with Crippen LogP contribution in [0, 0.1) is 19.8 Å². The molecule has 0 saturated carbocycles. The topological polar surface area (TPSA) is 46.5 Å². The number of hydrogen-bond acceptors (Lipinski definition) is 2. The number of carboxylic acid groups (broad SMARTS) is 1. The van der Waals surface area contributed by atoms with Crippen LogP contribution in [0.15, 0.2) is 18.2 Å². The summed E-state index contributed by atoms with van der Waals surface area (Å²) < 4.78 is 5.83. The number of hydrogen-bond donors (Lipinski definition) is 1. The number of rotatable bonds is 5. The third-order valence-electron chi connectivity index (χ3n) is 2.95. The maximum atomic E-state index is 10.6. The first kappa shape index (κ1) is 13.6. The van der Waals surface area contributed by atoms with Crippen molar-refractivity contribution in [3.05, 3.63) is 29.3 Å². The number of ether oxygens (including phenoxy) is 1. The Hall–Kier alpha value is -1.51. The van der Waals surface area contributed by atoms with Crippen molar-refractivity contribution in [3.8, 4) is 5.75 Å². The van der Waals surface area contributed by atoms with Crippen LogP contribution in [-0.4, -0.2) is 17.2 Å². The predicted molar refractivity (Wildman–Crippen MR) is 67.4 cm³/mol. The predicted octanol–water partition coefficient (Wildman–Crippen LogP) is 3.18. The molecule has 2 unspecified atom stereocenters. The van der Waals surface area contributed by atoms with E-state index < -0.39 is 5.97 Å². The highest BCUT2D eigenvalue weighted by Gasteiger charge is 2.17. The van der Waals surface area contributed by atoms with E-state index in [9.17, 15) is 4.79 Å². The molecule has 0 spiro atoms. The molecule has 0 radical (unpaired) electrons. The molecular weight excluding hydrogens is 216 g/mol. The summed E-state index contributed by atoms with van der Waals surface area (Å²) in [6.07, 6.45) is 0.0260. The zero-order valence-corrected chi connectivity index (χ0v) is 10.9. The Balaban J connectivity index is 2.70. The van der Waals surface area contributed by atoms with Crippen molar-refractivity contribution in [1.82, 2.24) is 0 Å². The maximum Gasteiger partial charge on any atom is 0.303 e. The normalized spacial score (nSPS) is 14.1. The van der Waals surface area contributed by atoms with Crippen molar-refractivity contribution < 1.29 is 14.6 Å². The summed E-state index contributed by atoms with van der Waals surface area (Å²) in [5.41, 5.74) is 2.22. The lowest BCUT2D eigenvalue weighted by atomic mass is 10.0. The van der Waals surface area contributed by atoms with E-state index in [2.05, 4.69) is 0 Å². The Morgan fingerprint density at radius 1 is 1.35 bits per heavy atom. The van der Waals surface area contributed by atoms with Gasteiger partial charge in [0, 0.05) is 5.92 Å². The molecule has 0 aliphatic rings. The van der Waals surface area contributed by atoms with Crippen molar-refractivity contribution in [3.63, 3.8) is 0 Å². The second-order valence-electron chi connectivity index (χ2n) is 4.67. The van der Waals surface area contributed by atoms with Gasteiger partial charge in [0.2, 0.25) is 0 Å². The van der Waals surface area contributed by atoms with Crippen molar-refractivity contribution in [1.29, 1.82) is 0 Å². The monoisotopic (exact) mass is 236 g/mol. The number of benzene rings is 1. The summed E-state index contributed by atoms with van der Waals surface area (Å²) in [5.74, 6) is 0.0519. The molecule has 0 bridgehead atoms. The Labute approximate surface area is 102 Å². The van der Waals surface area contributed by atoms with Gasteiger partial charge in [-0.15, -0.1) is 0 Å². The summed E-state index contributed by atoms with van der Waals surface area (Å²) in [7, 11) is 0. The molecule has 1 aromatic rings. The van der Waals surface area contributed by atoms with Crippen LogP contribution in [0.25, 0.3) is 0 Å². The number of aliphatic carboxylic acids is 1. The molecule has 0 saturated heterocycles. The fourth-order valence-electron chi connectivity index (χ4n) is 1.59. The average Bonchev–Trinajstić information content (AvgIpc) is 2.22. The van der Waals surface area contributed by atoms with E-state index in [-0.39, 0.29) is 18.4 Å². The standard InChI is InChI=1S/C14H20O3/c1-9-5-6-10(2)13(7-9)17-12(4)11(3)8-14(15)16/h5-7,11-12H,8H2,1-4H3,(H,15,16). The molecule has 2 atom stereocenters. The minimum Gasteiger partial charge on any atom is -0.490 e. The molecule has 3 nitrogen and oxygen atoms in total. The molecule has 1 N–H and O–H groups in total. The van der Waals surface area contributed by atoms with E-state index in [1.165, 1.54) is 0 Å². The van der Waals surface area contributed by atoms with Gasteiger partial charge in [-0.1, -0.05) is 19.1 Å². The lowest BCUT2D eigenvalue weighted by Crippen LogP contribution is -2.24. The van der Waals surface area contributed by atoms with Crippen molar-refractivity contribution in [2.45, 2.75) is 40.2 Å². The van der Waals surface area contributed by atoms with Gasteiger partial charge in [-0.3, -0.25) is 4.79 Å². The van der Waals surface area contributed by atoms with Crippen LogP contribution in [0.4, 0.5) is 0 Å². The van der Waals surface area contributed by atoms with Crippen molar-refractivity contribution >= 4 is 5.97 Å². The fourth-order valence-corrected chi connectivity index (χ4v) is 1.59. The summed E-state index contributed by atoms with van der Waals surface area (Å²) in [6.45, 7) is 7.81. The van der Waals surface area contributed by atoms with Gasteiger partial charge in [0.15, 0.2) is 0 Å². The molecule has 94 valence electrons. The van der Waals surface area contributed by atoms with Crippen LogP contribution >= 0.6 is 0 Å². The van der Waals surface area contributed by atoms with E-state index in [1.54, 1.807) is 0 Å². The van der Waals surface area contributed by atoms with Crippen LogP contribution in [0.5, 0.6) is 5.75 Å². The van der Waals surface area contributed by atoms with Gasteiger partial charge in [0.05, 0.1) is 12.5 Å². The fraction of sp³-hybridized carbons (Fsp3) is 0.500. The number of carboxylic acids is 1. The van der Waals surface area contributed by atoms with E-state index in [1.807, 2.05) is 45.9 Å². The first-order valence-electron chi connectivity index (χ1n) is 5.86. The molecule has 1 rings (SSSR count). The van der Waals surface area contributed by atoms with E-state index in [0.717, 1.165) is 16.9 Å². The molecule has 0 fully saturated rings. The molecule has 1 aromatic carbocycles. The highest BCUT2D eigenvalue weighted by Crippen LogP contribution is 2.23. The third-order valence-corrected chi connectivity index (χ3v) is 2.95. The van der Waals surface area contributed by atoms with Gasteiger partial charge >= 0.3 is 5.97 Å². The SMILES string of the molecule is Cc1ccc(C)c(OC(C)C(C)CC(=O)O)c1. The number of aryl methyl sites for hydroxylation is 2. The summed E-state index contributed by atoms with van der Waals surface area (Å²) >= 11 is 0. The zero-order chi connectivity index (χ0) is 13.0. The van der Waals surface area contributed by atoms with E-state index >= 15 is 0 Å². The van der Waals surface area contributed by atoms with Crippen LogP contribution in [-0.2, 0) is 4.79 Å². The minimum atomic E-state index is -0.783. The molecule has 0 amide bonds. The van der Waals surface area contributed by atoms with Gasteiger partial charge in [0.1, 0.15) is 5.75 Å². The average molecular weight is 236 g/mol. The quantitative estimate of drug-likeness (QED) is 0.854. The summed E-state index contributed by atoms with van der Waals surface area (Å²) in [4.78, 5) is 10.6. The second-order valence-corrected chi connectivity index (χ2v) is 4.67. The lowest BCUT2D eigenvalue weighted by Gasteiger charge is -2.21. The van der Waals surface area contributed by atoms with Gasteiger partial charge in [-0.05, 0) is 38.0 Å². The smallest absolute Gasteiger partial charge is 0.303 e. The second kappa shape index (κ2) is 5.71. The first-order chi connectivity index (χ1) is 7.90. The van der Waals surface area contributed by atoms with Gasteiger partial charge in [-0.2, -0.15) is 0 Å². The summed E-state index contributed by atoms with van der Waals surface area (Å²) in [5, 5.41) is 8.74. The van der Waals surface area contributed by atoms with Gasteiger partial charge < -0.3 is 9.84 Å². The van der Waals surface area contributed by atoms with E-state index in [0.29, 0.717) is 0 Å². The lowest BCUT2D eigenvalue weighted by molar-refractivity contribution is -0.138. The van der Waals surface area contributed by atoms with Crippen LogP contribution in [0.2, 0.25) is 0 Å². The minimum absolute atomic E-state index is 0.00703. The highest BCUT2D eigenvalue weighted by atomic mass is 16.5. The molecule has 0 aliphatic carbocycles. The Kier molecular flexibility index (Phi) is 4.55. The van der Waals surface area contributed by atoms with Crippen LogP contribution in [0.3, 0.4) is 0 Å². The largest absolute Gasteiger partial charge is 0.490 e. The molecule has 3 heteroatoms. The Morgan fingerprint density at radius 3 is 2.59 bits per heavy atom. The van der Waals surface area contributed by atoms with Gasteiger partial charge in [0.25, 0.3) is 0 Å². The van der Waals surface area contributed by atoms with Gasteiger partial charge in [-0.25, -0.2) is 0 Å². The molecule has 0 aromatic heterocycles. The van der Waals surface area contributed by atoms with Crippen molar-refractivity contribution in [2.75, 3.05) is 0 Å². The number of carbonyl (C=O) groups is 1. The summed E-state index contributed by atoms with van der Waals surface area (Å²) in [6, 6.07) is 6.03. The molecule has 0 aliphatic heterocycles. The van der Waals surface area contributed by atoms with Crippen molar-refractivity contribution in [2.24, 2.45) is 5.92 Å². The van der Waals surface area contributed by atoms with Crippen LogP contribution < -0.4 is 4.74 Å². The molecule has 17 heavy (non-hydrogen) atoms. The maximum absolute atomic E-state index is 10.6. The van der Waals surface area contributed by atoms with E-state index in [4.69, 9.17) is 9.84 Å². The van der Waals surface area contributed by atoms with Crippen LogP contribution in [0.1, 0.15) is 31.4 Å². The molecular formula is C14H20O3. The Morgan fingerprint density at radius 2 is 2.00 bits per heavy atom. The highest BCUT2D eigenvalue weighted by molar-refractivity contribution is 5.67. The third kappa shape index (κ3) is 4.10.